The molecule has 0 aromatic heterocycles. The molecule has 0 saturated carbocycles. The van der Waals surface area contributed by atoms with Gasteiger partial charge in [-0.15, -0.1) is 0 Å². The van der Waals surface area contributed by atoms with Gasteiger partial charge in [-0.05, 0) is 57.9 Å². The van der Waals surface area contributed by atoms with Gasteiger partial charge in [0.25, 0.3) is 11.8 Å². The molecule has 2 atom stereocenters. The van der Waals surface area contributed by atoms with E-state index in [4.69, 9.17) is 4.74 Å². The first-order valence-electron chi connectivity index (χ1n) is 9.67. The maximum absolute atomic E-state index is 12.8. The summed E-state index contributed by atoms with van der Waals surface area (Å²) in [5, 5.41) is 3.00. The molecule has 2 amide bonds. The van der Waals surface area contributed by atoms with Gasteiger partial charge in [-0.1, -0.05) is 42.5 Å². The number of rotatable bonds is 5. The highest BCUT2D eigenvalue weighted by Gasteiger charge is 2.47. The Morgan fingerprint density at radius 1 is 1.04 bits per heavy atom. The number of carbonyl (C=O) groups is 2. The van der Waals surface area contributed by atoms with Crippen molar-refractivity contribution < 1.29 is 14.3 Å². The van der Waals surface area contributed by atoms with Crippen molar-refractivity contribution in [1.29, 1.82) is 0 Å². The van der Waals surface area contributed by atoms with Crippen LogP contribution in [0.15, 0.2) is 54.6 Å². The molecule has 5 heteroatoms. The quantitative estimate of drug-likeness (QED) is 0.845. The largest absolute Gasteiger partial charge is 0.346 e. The first-order valence-corrected chi connectivity index (χ1v) is 9.67. The fourth-order valence-electron chi connectivity index (χ4n) is 3.79. The average molecular weight is 380 g/mol. The van der Waals surface area contributed by atoms with Crippen molar-refractivity contribution in [2.75, 3.05) is 0 Å². The molecule has 1 aliphatic heterocycles. The lowest BCUT2D eigenvalue weighted by Crippen LogP contribution is -2.46. The standard InChI is InChI=1S/C23H28N2O3/c1-15(2)25-22(27)20(28-23(25,4)5)18-11-13-19(14-12-18)21(26)24-16(3)17-9-7-6-8-10-17/h6-16,20H,1-5H3,(H,24,26)/t16-,20+/m1/s1. The van der Waals surface area contributed by atoms with E-state index in [0.717, 1.165) is 11.1 Å². The van der Waals surface area contributed by atoms with E-state index < -0.39 is 11.8 Å². The van der Waals surface area contributed by atoms with Crippen LogP contribution in [0.3, 0.4) is 0 Å². The average Bonchev–Trinajstić information content (AvgIpc) is 2.91. The van der Waals surface area contributed by atoms with Crippen LogP contribution in [0.1, 0.15) is 68.2 Å². The predicted molar refractivity (Wildman–Crippen MR) is 109 cm³/mol. The summed E-state index contributed by atoms with van der Waals surface area (Å²) in [6.45, 7) is 9.71. The number of amides is 2. The highest BCUT2D eigenvalue weighted by atomic mass is 16.5. The number of nitrogens with zero attached hydrogens (tertiary/aromatic N) is 1. The van der Waals surface area contributed by atoms with Gasteiger partial charge < -0.3 is 15.0 Å². The first kappa shape index (κ1) is 20.1. The van der Waals surface area contributed by atoms with E-state index in [1.165, 1.54) is 0 Å². The van der Waals surface area contributed by atoms with E-state index in [1.54, 1.807) is 29.2 Å². The maximum atomic E-state index is 12.8. The number of ether oxygens (including phenoxy) is 1. The zero-order chi connectivity index (χ0) is 20.5. The van der Waals surface area contributed by atoms with Crippen molar-refractivity contribution in [3.63, 3.8) is 0 Å². The molecule has 0 unspecified atom stereocenters. The molecule has 1 fully saturated rings. The summed E-state index contributed by atoms with van der Waals surface area (Å²) in [4.78, 5) is 27.1. The van der Waals surface area contributed by atoms with Crippen LogP contribution >= 0.6 is 0 Å². The van der Waals surface area contributed by atoms with Crippen LogP contribution in [0, 0.1) is 0 Å². The first-order chi connectivity index (χ1) is 13.2. The van der Waals surface area contributed by atoms with Gasteiger partial charge in [-0.3, -0.25) is 9.59 Å². The van der Waals surface area contributed by atoms with Gasteiger partial charge in [0.2, 0.25) is 0 Å². The van der Waals surface area contributed by atoms with Gasteiger partial charge in [0, 0.05) is 11.6 Å². The van der Waals surface area contributed by atoms with Gasteiger partial charge >= 0.3 is 0 Å². The summed E-state index contributed by atoms with van der Waals surface area (Å²) in [7, 11) is 0. The molecule has 2 aromatic rings. The Morgan fingerprint density at radius 3 is 2.18 bits per heavy atom. The van der Waals surface area contributed by atoms with Crippen LogP contribution < -0.4 is 5.32 Å². The van der Waals surface area contributed by atoms with Crippen LogP contribution in [0.5, 0.6) is 0 Å². The third-order valence-electron chi connectivity index (χ3n) is 5.09. The Bertz CT molecular complexity index is 844. The Labute approximate surface area is 166 Å². The van der Waals surface area contributed by atoms with Gasteiger partial charge in [-0.2, -0.15) is 0 Å². The number of hydrogen-bond donors (Lipinski definition) is 1. The monoisotopic (exact) mass is 380 g/mol. The van der Waals surface area contributed by atoms with Gasteiger partial charge in [0.15, 0.2) is 6.10 Å². The smallest absolute Gasteiger partial charge is 0.258 e. The highest BCUT2D eigenvalue weighted by Crippen LogP contribution is 2.38. The second kappa shape index (κ2) is 7.76. The number of hydrogen-bond acceptors (Lipinski definition) is 3. The van der Waals surface area contributed by atoms with Crippen molar-refractivity contribution >= 4 is 11.8 Å². The number of nitrogens with one attached hydrogen (secondary N) is 1. The minimum absolute atomic E-state index is 0.0464. The van der Waals surface area contributed by atoms with Gasteiger partial charge in [0.05, 0.1) is 6.04 Å². The van der Waals surface area contributed by atoms with Crippen LogP contribution in [0.2, 0.25) is 0 Å². The Hall–Kier alpha value is -2.66. The lowest BCUT2D eigenvalue weighted by molar-refractivity contribution is -0.134. The summed E-state index contributed by atoms with van der Waals surface area (Å²) in [6.07, 6.45) is -0.641. The molecule has 5 nitrogen and oxygen atoms in total. The van der Waals surface area contributed by atoms with Gasteiger partial charge in [0.1, 0.15) is 5.72 Å². The summed E-state index contributed by atoms with van der Waals surface area (Å²) in [5.74, 6) is -0.194. The van der Waals surface area contributed by atoms with Crippen molar-refractivity contribution in [2.45, 2.75) is 58.5 Å². The Balaban J connectivity index is 1.72. The molecule has 28 heavy (non-hydrogen) atoms. The molecule has 0 aliphatic carbocycles. The molecule has 0 bridgehead atoms. The van der Waals surface area contributed by atoms with Gasteiger partial charge in [-0.25, -0.2) is 0 Å². The Kier molecular flexibility index (Phi) is 5.57. The SMILES string of the molecule is CC(C)N1C(=O)[C@H](c2ccc(C(=O)N[C@H](C)c3ccccc3)cc2)OC1(C)C. The van der Waals surface area contributed by atoms with E-state index in [2.05, 4.69) is 5.32 Å². The lowest BCUT2D eigenvalue weighted by Gasteiger charge is -2.32. The minimum Gasteiger partial charge on any atom is -0.346 e. The van der Waals surface area contributed by atoms with Crippen molar-refractivity contribution in [3.05, 3.63) is 71.3 Å². The molecule has 148 valence electrons. The molecule has 1 saturated heterocycles. The van der Waals surface area contributed by atoms with E-state index >= 15 is 0 Å². The summed E-state index contributed by atoms with van der Waals surface area (Å²) >= 11 is 0. The van der Waals surface area contributed by atoms with Crippen LogP contribution in [0.4, 0.5) is 0 Å². The molecule has 1 heterocycles. The van der Waals surface area contributed by atoms with E-state index in [9.17, 15) is 9.59 Å². The molecular formula is C23H28N2O3. The van der Waals surface area contributed by atoms with E-state index in [1.807, 2.05) is 65.0 Å². The Morgan fingerprint density at radius 2 is 1.64 bits per heavy atom. The zero-order valence-electron chi connectivity index (χ0n) is 17.1. The fraction of sp³-hybridized carbons (Fsp3) is 0.391. The van der Waals surface area contributed by atoms with Crippen molar-refractivity contribution in [3.8, 4) is 0 Å². The highest BCUT2D eigenvalue weighted by molar-refractivity contribution is 5.94. The number of benzene rings is 2. The third kappa shape index (κ3) is 3.94. The zero-order valence-corrected chi connectivity index (χ0v) is 17.1. The molecule has 1 N–H and O–H groups in total. The van der Waals surface area contributed by atoms with Crippen LogP contribution in [-0.2, 0) is 9.53 Å². The summed E-state index contributed by atoms with van der Waals surface area (Å²) in [6, 6.07) is 16.9. The predicted octanol–water partition coefficient (Wildman–Crippen LogP) is 4.22. The molecule has 3 rings (SSSR count). The van der Waals surface area contributed by atoms with Crippen LogP contribution in [0.25, 0.3) is 0 Å². The van der Waals surface area contributed by atoms with E-state index in [-0.39, 0.29) is 23.9 Å². The van der Waals surface area contributed by atoms with E-state index in [0.29, 0.717) is 5.56 Å². The molecular weight excluding hydrogens is 352 g/mol. The van der Waals surface area contributed by atoms with Crippen molar-refractivity contribution in [1.82, 2.24) is 10.2 Å². The molecule has 0 radical (unpaired) electrons. The second-order valence-corrected chi connectivity index (χ2v) is 7.97. The molecule has 1 aliphatic rings. The normalized spacial score (nSPS) is 19.7. The minimum atomic E-state index is -0.656. The topological polar surface area (TPSA) is 58.6 Å². The molecule has 0 spiro atoms. The summed E-state index contributed by atoms with van der Waals surface area (Å²) < 4.78 is 6.02. The molecule has 2 aromatic carbocycles. The maximum Gasteiger partial charge on any atom is 0.258 e. The van der Waals surface area contributed by atoms with Crippen molar-refractivity contribution in [2.24, 2.45) is 0 Å². The number of carbonyl (C=O) groups excluding carboxylic acids is 2. The fourth-order valence-corrected chi connectivity index (χ4v) is 3.79. The lowest BCUT2D eigenvalue weighted by atomic mass is 10.0. The summed E-state index contributed by atoms with van der Waals surface area (Å²) in [5.41, 5.74) is 1.70. The second-order valence-electron chi connectivity index (χ2n) is 7.97. The van der Waals surface area contributed by atoms with Crippen LogP contribution in [-0.4, -0.2) is 28.5 Å². The third-order valence-corrected chi connectivity index (χ3v) is 5.09.